The quantitative estimate of drug-likeness (QED) is 0.921. The Kier molecular flexibility index (Phi) is 4.55. The molecule has 1 amide bonds. The van der Waals surface area contributed by atoms with Crippen molar-refractivity contribution in [2.75, 3.05) is 6.54 Å². The van der Waals surface area contributed by atoms with E-state index in [1.165, 1.54) is 23.1 Å². The molecule has 3 rings (SSSR count). The molecule has 1 aromatic heterocycles. The zero-order valence-electron chi connectivity index (χ0n) is 13.6. The van der Waals surface area contributed by atoms with Crippen LogP contribution in [0.15, 0.2) is 36.5 Å². The number of nitrogens with zero attached hydrogens (tertiary/aromatic N) is 3. The van der Waals surface area contributed by atoms with Crippen LogP contribution in [0.25, 0.3) is 0 Å². The topological polar surface area (TPSA) is 58.4 Å². The minimum absolute atomic E-state index is 0.0147. The van der Waals surface area contributed by atoms with E-state index in [0.29, 0.717) is 5.69 Å². The van der Waals surface area contributed by atoms with Crippen LogP contribution in [0.4, 0.5) is 13.2 Å². The number of hydrogen-bond donors (Lipinski definition) is 1. The first-order valence-electron chi connectivity index (χ1n) is 7.88. The average molecular weight is 353 g/mol. The van der Waals surface area contributed by atoms with Crippen LogP contribution in [0.2, 0.25) is 0 Å². The van der Waals surface area contributed by atoms with Crippen molar-refractivity contribution in [2.45, 2.75) is 31.2 Å². The molecule has 2 atom stereocenters. The molecule has 1 aromatic carbocycles. The predicted octanol–water partition coefficient (Wildman–Crippen LogP) is 2.32. The van der Waals surface area contributed by atoms with Crippen molar-refractivity contribution in [2.24, 2.45) is 7.05 Å². The smallest absolute Gasteiger partial charge is 0.391 e. The summed E-state index contributed by atoms with van der Waals surface area (Å²) >= 11 is 0. The minimum Gasteiger partial charge on any atom is -0.391 e. The van der Waals surface area contributed by atoms with Crippen molar-refractivity contribution in [3.63, 3.8) is 0 Å². The summed E-state index contributed by atoms with van der Waals surface area (Å²) in [5, 5.41) is 14.1. The zero-order chi connectivity index (χ0) is 18.2. The summed E-state index contributed by atoms with van der Waals surface area (Å²) in [4.78, 5) is 13.9. The Morgan fingerprint density at radius 2 is 2.04 bits per heavy atom. The summed E-state index contributed by atoms with van der Waals surface area (Å²) in [5.74, 6) is -0.350. The number of aliphatic hydroxyl groups is 1. The number of benzene rings is 1. The summed E-state index contributed by atoms with van der Waals surface area (Å²) in [5.41, 5.74) is -0.220. The third-order valence-electron chi connectivity index (χ3n) is 4.33. The van der Waals surface area contributed by atoms with Gasteiger partial charge in [0.1, 0.15) is 0 Å². The number of aromatic nitrogens is 2. The highest BCUT2D eigenvalue weighted by molar-refractivity contribution is 5.79. The van der Waals surface area contributed by atoms with E-state index in [1.807, 2.05) is 0 Å². The Morgan fingerprint density at radius 1 is 1.32 bits per heavy atom. The van der Waals surface area contributed by atoms with E-state index in [1.54, 1.807) is 24.0 Å². The number of aryl methyl sites for hydroxylation is 1. The number of halogens is 3. The van der Waals surface area contributed by atoms with Gasteiger partial charge in [-0.3, -0.25) is 9.48 Å². The Hall–Kier alpha value is -2.35. The van der Waals surface area contributed by atoms with Crippen LogP contribution in [-0.2, 0) is 24.4 Å². The van der Waals surface area contributed by atoms with Gasteiger partial charge in [-0.1, -0.05) is 18.2 Å². The van der Waals surface area contributed by atoms with Crippen molar-refractivity contribution < 1.29 is 23.1 Å². The Balaban J connectivity index is 1.89. The van der Waals surface area contributed by atoms with E-state index in [-0.39, 0.29) is 30.9 Å². The molecule has 134 valence electrons. The van der Waals surface area contributed by atoms with Crippen molar-refractivity contribution in [3.8, 4) is 0 Å². The van der Waals surface area contributed by atoms with Gasteiger partial charge in [-0.2, -0.15) is 18.3 Å². The van der Waals surface area contributed by atoms with Gasteiger partial charge in [0.25, 0.3) is 0 Å². The molecule has 2 aromatic rings. The molecule has 0 saturated carbocycles. The summed E-state index contributed by atoms with van der Waals surface area (Å²) in [7, 11) is 1.72. The summed E-state index contributed by atoms with van der Waals surface area (Å²) < 4.78 is 41.4. The molecule has 25 heavy (non-hydrogen) atoms. The fourth-order valence-corrected chi connectivity index (χ4v) is 3.24. The van der Waals surface area contributed by atoms with Gasteiger partial charge in [-0.05, 0) is 24.1 Å². The summed E-state index contributed by atoms with van der Waals surface area (Å²) in [6.45, 7) is 0.0164. The van der Waals surface area contributed by atoms with Crippen molar-refractivity contribution >= 4 is 5.91 Å². The van der Waals surface area contributed by atoms with Gasteiger partial charge >= 0.3 is 6.18 Å². The largest absolute Gasteiger partial charge is 0.416 e. The molecular formula is C17H18F3N3O2. The Bertz CT molecular complexity index is 772. The number of amides is 1. The van der Waals surface area contributed by atoms with Gasteiger partial charge in [0, 0.05) is 19.8 Å². The second kappa shape index (κ2) is 6.51. The first-order chi connectivity index (χ1) is 11.8. The van der Waals surface area contributed by atoms with Crippen LogP contribution in [0.3, 0.4) is 0 Å². The molecule has 1 N–H and O–H groups in total. The fourth-order valence-electron chi connectivity index (χ4n) is 3.24. The lowest BCUT2D eigenvalue weighted by atomic mass is 9.97. The van der Waals surface area contributed by atoms with E-state index in [0.717, 1.165) is 6.07 Å². The van der Waals surface area contributed by atoms with E-state index in [4.69, 9.17) is 0 Å². The monoisotopic (exact) mass is 353 g/mol. The zero-order valence-corrected chi connectivity index (χ0v) is 13.6. The third kappa shape index (κ3) is 3.68. The van der Waals surface area contributed by atoms with Crippen molar-refractivity contribution in [1.29, 1.82) is 0 Å². The van der Waals surface area contributed by atoms with Gasteiger partial charge in [-0.25, -0.2) is 0 Å². The first kappa shape index (κ1) is 17.5. The summed E-state index contributed by atoms with van der Waals surface area (Å²) in [6, 6.07) is 6.08. The molecule has 0 unspecified atom stereocenters. The van der Waals surface area contributed by atoms with E-state index < -0.39 is 23.9 Å². The van der Waals surface area contributed by atoms with Gasteiger partial charge in [-0.15, -0.1) is 0 Å². The van der Waals surface area contributed by atoms with Gasteiger partial charge < -0.3 is 10.0 Å². The van der Waals surface area contributed by atoms with Gasteiger partial charge in [0.15, 0.2) is 0 Å². The lowest BCUT2D eigenvalue weighted by Crippen LogP contribution is -2.34. The SMILES string of the molecule is Cn1ccc(CC(=O)N2C[C@@H](O)C[C@H]2c2ccccc2C(F)(F)F)n1. The molecular weight excluding hydrogens is 335 g/mol. The van der Waals surface area contributed by atoms with Crippen LogP contribution < -0.4 is 0 Å². The maximum absolute atomic E-state index is 13.3. The molecule has 1 aliphatic heterocycles. The number of likely N-dealkylation sites (tertiary alicyclic amines) is 1. The third-order valence-corrected chi connectivity index (χ3v) is 4.33. The second-order valence-corrected chi connectivity index (χ2v) is 6.19. The first-order valence-corrected chi connectivity index (χ1v) is 7.88. The number of hydrogen-bond acceptors (Lipinski definition) is 3. The molecule has 5 nitrogen and oxygen atoms in total. The van der Waals surface area contributed by atoms with E-state index in [2.05, 4.69) is 5.10 Å². The number of rotatable bonds is 3. The molecule has 1 saturated heterocycles. The molecule has 1 aliphatic rings. The van der Waals surface area contributed by atoms with E-state index >= 15 is 0 Å². The maximum Gasteiger partial charge on any atom is 0.416 e. The van der Waals surface area contributed by atoms with Crippen LogP contribution >= 0.6 is 0 Å². The number of alkyl halides is 3. The molecule has 1 fully saturated rings. The van der Waals surface area contributed by atoms with Crippen molar-refractivity contribution in [1.82, 2.24) is 14.7 Å². The fraction of sp³-hybridized carbons (Fsp3) is 0.412. The van der Waals surface area contributed by atoms with E-state index in [9.17, 15) is 23.1 Å². The van der Waals surface area contributed by atoms with Crippen LogP contribution in [-0.4, -0.2) is 38.3 Å². The standard InChI is InChI=1S/C17H18F3N3O2/c1-22-7-6-11(21-22)8-16(25)23-10-12(24)9-15(23)13-4-2-3-5-14(13)17(18,19)20/h2-7,12,15,24H,8-10H2,1H3/t12-,15-/m0/s1. The van der Waals surface area contributed by atoms with Gasteiger partial charge in [0.05, 0.1) is 29.8 Å². The molecule has 0 spiro atoms. The normalized spacial score (nSPS) is 20.9. The lowest BCUT2D eigenvalue weighted by Gasteiger charge is -2.27. The number of carbonyl (C=O) groups excluding carboxylic acids is 1. The highest BCUT2D eigenvalue weighted by Crippen LogP contribution is 2.40. The van der Waals surface area contributed by atoms with Gasteiger partial charge in [0.2, 0.25) is 5.91 Å². The number of β-amino-alcohol motifs (C(OH)–C–C–N with tert-alkyl or cyclic N) is 1. The van der Waals surface area contributed by atoms with Crippen LogP contribution in [0, 0.1) is 0 Å². The lowest BCUT2D eigenvalue weighted by molar-refractivity contribution is -0.140. The highest BCUT2D eigenvalue weighted by Gasteiger charge is 2.41. The average Bonchev–Trinajstić information content (AvgIpc) is 3.12. The molecule has 0 radical (unpaired) electrons. The molecule has 0 bridgehead atoms. The Morgan fingerprint density at radius 3 is 2.68 bits per heavy atom. The minimum atomic E-state index is -4.51. The molecule has 8 heteroatoms. The maximum atomic E-state index is 13.3. The molecule has 0 aliphatic carbocycles. The predicted molar refractivity (Wildman–Crippen MR) is 83.4 cm³/mol. The number of carbonyl (C=O) groups is 1. The van der Waals surface area contributed by atoms with Crippen LogP contribution in [0.1, 0.15) is 29.3 Å². The number of aliphatic hydroxyl groups excluding tert-OH is 1. The van der Waals surface area contributed by atoms with Crippen molar-refractivity contribution in [3.05, 3.63) is 53.3 Å². The highest BCUT2D eigenvalue weighted by atomic mass is 19.4. The molecule has 2 heterocycles. The second-order valence-electron chi connectivity index (χ2n) is 6.19. The Labute approximate surface area is 142 Å². The van der Waals surface area contributed by atoms with Crippen LogP contribution in [0.5, 0.6) is 0 Å². The summed E-state index contributed by atoms with van der Waals surface area (Å²) in [6.07, 6.45) is -3.60.